The lowest BCUT2D eigenvalue weighted by molar-refractivity contribution is -0.116. The predicted molar refractivity (Wildman–Crippen MR) is 58.5 cm³/mol. The first kappa shape index (κ1) is 11.7. The average molecular weight is 228 g/mol. The molecule has 0 spiro atoms. The standard InChI is InChI=1S/C9H12N2O3S/c1-11(2)5-7(12)10-8-4-3-6(15-8)9(13)14/h3-4H,5H2,1-2H3,(H,10,12)(H,13,14). The van der Waals surface area contributed by atoms with Crippen molar-refractivity contribution >= 4 is 28.2 Å². The molecule has 0 saturated carbocycles. The quantitative estimate of drug-likeness (QED) is 0.805. The number of nitrogens with one attached hydrogen (secondary N) is 1. The van der Waals surface area contributed by atoms with Crippen molar-refractivity contribution in [2.45, 2.75) is 0 Å². The van der Waals surface area contributed by atoms with Crippen LogP contribution in [0.5, 0.6) is 0 Å². The predicted octanol–water partition coefficient (Wildman–Crippen LogP) is 0.946. The Balaban J connectivity index is 2.57. The lowest BCUT2D eigenvalue weighted by Gasteiger charge is -2.08. The zero-order valence-electron chi connectivity index (χ0n) is 8.48. The number of likely N-dealkylation sites (N-methyl/N-ethyl adjacent to an activating group) is 1. The Morgan fingerprint density at radius 2 is 2.13 bits per heavy atom. The van der Waals surface area contributed by atoms with Crippen LogP contribution in [0, 0.1) is 0 Å². The van der Waals surface area contributed by atoms with Gasteiger partial charge in [0, 0.05) is 0 Å². The molecule has 0 aromatic carbocycles. The van der Waals surface area contributed by atoms with E-state index in [-0.39, 0.29) is 17.3 Å². The van der Waals surface area contributed by atoms with Crippen molar-refractivity contribution in [3.05, 3.63) is 17.0 Å². The van der Waals surface area contributed by atoms with Gasteiger partial charge in [0.1, 0.15) is 4.88 Å². The highest BCUT2D eigenvalue weighted by molar-refractivity contribution is 7.18. The number of nitrogens with zero attached hydrogens (tertiary/aromatic N) is 1. The molecule has 5 nitrogen and oxygen atoms in total. The van der Waals surface area contributed by atoms with Crippen molar-refractivity contribution in [1.82, 2.24) is 4.90 Å². The summed E-state index contributed by atoms with van der Waals surface area (Å²) in [7, 11) is 3.58. The number of hydrogen-bond donors (Lipinski definition) is 2. The summed E-state index contributed by atoms with van der Waals surface area (Å²) in [4.78, 5) is 23.8. The number of rotatable bonds is 4. The molecular formula is C9H12N2O3S. The molecule has 0 saturated heterocycles. The summed E-state index contributed by atoms with van der Waals surface area (Å²) in [5.41, 5.74) is 0. The molecular weight excluding hydrogens is 216 g/mol. The fourth-order valence-corrected chi connectivity index (χ4v) is 1.75. The second-order valence-electron chi connectivity index (χ2n) is 3.26. The molecule has 0 unspecified atom stereocenters. The van der Waals surface area contributed by atoms with Gasteiger partial charge in [0.05, 0.1) is 11.5 Å². The highest BCUT2D eigenvalue weighted by Gasteiger charge is 2.09. The number of aromatic carboxylic acids is 1. The number of hydrogen-bond acceptors (Lipinski definition) is 4. The molecule has 0 aliphatic rings. The van der Waals surface area contributed by atoms with Crippen LogP contribution in [0.1, 0.15) is 9.67 Å². The van der Waals surface area contributed by atoms with Gasteiger partial charge in [-0.3, -0.25) is 4.79 Å². The average Bonchev–Trinajstić information content (AvgIpc) is 2.50. The molecule has 6 heteroatoms. The zero-order valence-corrected chi connectivity index (χ0v) is 9.30. The first-order chi connectivity index (χ1) is 6.99. The second-order valence-corrected chi connectivity index (χ2v) is 4.34. The van der Waals surface area contributed by atoms with Gasteiger partial charge >= 0.3 is 5.97 Å². The Morgan fingerprint density at radius 3 is 2.60 bits per heavy atom. The van der Waals surface area contributed by atoms with Gasteiger partial charge in [-0.05, 0) is 26.2 Å². The molecule has 1 heterocycles. The molecule has 1 amide bonds. The van der Waals surface area contributed by atoms with Crippen LogP contribution in [0.2, 0.25) is 0 Å². The van der Waals surface area contributed by atoms with Crippen molar-refractivity contribution in [3.8, 4) is 0 Å². The van der Waals surface area contributed by atoms with E-state index in [4.69, 9.17) is 5.11 Å². The van der Waals surface area contributed by atoms with Gasteiger partial charge < -0.3 is 15.3 Å². The fourth-order valence-electron chi connectivity index (χ4n) is 0.984. The number of amides is 1. The molecule has 0 bridgehead atoms. The lowest BCUT2D eigenvalue weighted by atomic mass is 10.4. The lowest BCUT2D eigenvalue weighted by Crippen LogP contribution is -2.26. The van der Waals surface area contributed by atoms with Crippen molar-refractivity contribution in [3.63, 3.8) is 0 Å². The molecule has 0 fully saturated rings. The van der Waals surface area contributed by atoms with Crippen LogP contribution in [0.25, 0.3) is 0 Å². The Hall–Kier alpha value is -1.40. The number of thiophene rings is 1. The van der Waals surface area contributed by atoms with E-state index >= 15 is 0 Å². The molecule has 1 aromatic rings. The highest BCUT2D eigenvalue weighted by atomic mass is 32.1. The minimum Gasteiger partial charge on any atom is -0.477 e. The molecule has 82 valence electrons. The highest BCUT2D eigenvalue weighted by Crippen LogP contribution is 2.21. The van der Waals surface area contributed by atoms with Gasteiger partial charge in [0.2, 0.25) is 5.91 Å². The summed E-state index contributed by atoms with van der Waals surface area (Å²) >= 11 is 1.05. The molecule has 0 aliphatic carbocycles. The number of anilines is 1. The third-order valence-corrected chi connectivity index (χ3v) is 2.53. The Bertz CT molecular complexity index is 373. The molecule has 0 atom stereocenters. The van der Waals surface area contributed by atoms with Crippen molar-refractivity contribution in [2.24, 2.45) is 0 Å². The number of carbonyl (C=O) groups is 2. The third kappa shape index (κ3) is 3.69. The minimum absolute atomic E-state index is 0.154. The number of carboxylic acids is 1. The van der Waals surface area contributed by atoms with Crippen LogP contribution >= 0.6 is 11.3 Å². The van der Waals surface area contributed by atoms with E-state index < -0.39 is 5.97 Å². The zero-order chi connectivity index (χ0) is 11.4. The molecule has 1 rings (SSSR count). The first-order valence-electron chi connectivity index (χ1n) is 4.26. The normalized spacial score (nSPS) is 10.3. The number of carbonyl (C=O) groups excluding carboxylic acids is 1. The van der Waals surface area contributed by atoms with Gasteiger partial charge in [-0.25, -0.2) is 4.79 Å². The molecule has 15 heavy (non-hydrogen) atoms. The van der Waals surface area contributed by atoms with Gasteiger partial charge in [0.25, 0.3) is 0 Å². The SMILES string of the molecule is CN(C)CC(=O)Nc1ccc(C(=O)O)s1. The van der Waals surface area contributed by atoms with E-state index in [9.17, 15) is 9.59 Å². The summed E-state index contributed by atoms with van der Waals surface area (Å²) in [5.74, 6) is -1.13. The van der Waals surface area contributed by atoms with Crippen molar-refractivity contribution < 1.29 is 14.7 Å². The molecule has 1 aromatic heterocycles. The summed E-state index contributed by atoms with van der Waals surface area (Å²) in [5, 5.41) is 11.8. The van der Waals surface area contributed by atoms with Crippen LogP contribution in [0.4, 0.5) is 5.00 Å². The van der Waals surface area contributed by atoms with Gasteiger partial charge in [-0.2, -0.15) is 0 Å². The largest absolute Gasteiger partial charge is 0.477 e. The Kier molecular flexibility index (Phi) is 3.81. The van der Waals surface area contributed by atoms with Gasteiger partial charge in [0.15, 0.2) is 0 Å². The topological polar surface area (TPSA) is 69.6 Å². The molecule has 0 radical (unpaired) electrons. The summed E-state index contributed by atoms with van der Waals surface area (Å²) < 4.78 is 0. The fraction of sp³-hybridized carbons (Fsp3) is 0.333. The summed E-state index contributed by atoms with van der Waals surface area (Å²) in [6, 6.07) is 3.06. The smallest absolute Gasteiger partial charge is 0.345 e. The van der Waals surface area contributed by atoms with Crippen molar-refractivity contribution in [2.75, 3.05) is 26.0 Å². The van der Waals surface area contributed by atoms with E-state index in [0.29, 0.717) is 5.00 Å². The molecule has 2 N–H and O–H groups in total. The second kappa shape index (κ2) is 4.90. The van der Waals surface area contributed by atoms with E-state index in [1.165, 1.54) is 6.07 Å². The maximum atomic E-state index is 11.3. The van der Waals surface area contributed by atoms with Crippen LogP contribution in [-0.4, -0.2) is 42.5 Å². The van der Waals surface area contributed by atoms with E-state index in [0.717, 1.165) is 11.3 Å². The van der Waals surface area contributed by atoms with E-state index in [2.05, 4.69) is 5.32 Å². The maximum Gasteiger partial charge on any atom is 0.345 e. The van der Waals surface area contributed by atoms with Crippen LogP contribution in [-0.2, 0) is 4.79 Å². The monoisotopic (exact) mass is 228 g/mol. The van der Waals surface area contributed by atoms with Crippen LogP contribution in [0.3, 0.4) is 0 Å². The minimum atomic E-state index is -0.979. The summed E-state index contributed by atoms with van der Waals surface area (Å²) in [6.07, 6.45) is 0. The number of carboxylic acid groups (broad SMARTS) is 1. The summed E-state index contributed by atoms with van der Waals surface area (Å²) in [6.45, 7) is 0.278. The Labute approximate surface area is 91.3 Å². The first-order valence-corrected chi connectivity index (χ1v) is 5.08. The van der Waals surface area contributed by atoms with E-state index in [1.54, 1.807) is 25.1 Å². The molecule has 0 aliphatic heterocycles. The van der Waals surface area contributed by atoms with Crippen molar-refractivity contribution in [1.29, 1.82) is 0 Å². The van der Waals surface area contributed by atoms with E-state index in [1.807, 2.05) is 0 Å². The Morgan fingerprint density at radius 1 is 1.47 bits per heavy atom. The maximum absolute atomic E-state index is 11.3. The van der Waals surface area contributed by atoms with Gasteiger partial charge in [-0.15, -0.1) is 11.3 Å². The third-order valence-electron chi connectivity index (χ3n) is 1.54. The van der Waals surface area contributed by atoms with Crippen LogP contribution < -0.4 is 5.32 Å². The van der Waals surface area contributed by atoms with Crippen LogP contribution in [0.15, 0.2) is 12.1 Å². The van der Waals surface area contributed by atoms with Gasteiger partial charge in [-0.1, -0.05) is 0 Å².